The van der Waals surface area contributed by atoms with Crippen molar-refractivity contribution in [3.63, 3.8) is 0 Å². The van der Waals surface area contributed by atoms with E-state index >= 15 is 0 Å². The Morgan fingerprint density at radius 1 is 1.26 bits per heavy atom. The normalized spacial score (nSPS) is 24.3. The van der Waals surface area contributed by atoms with Crippen molar-refractivity contribution >= 4 is 29.2 Å². The van der Waals surface area contributed by atoms with E-state index in [1.54, 1.807) is 11.8 Å². The molecular weight excluding hydrogens is 280 g/mol. The van der Waals surface area contributed by atoms with Gasteiger partial charge in [-0.1, -0.05) is 23.4 Å². The van der Waals surface area contributed by atoms with Crippen molar-refractivity contribution in [3.8, 4) is 0 Å². The number of thioether (sulfide) groups is 1. The highest BCUT2D eigenvalue weighted by Crippen LogP contribution is 2.26. The summed E-state index contributed by atoms with van der Waals surface area (Å²) in [5, 5.41) is 1.30. The average molecular weight is 299 g/mol. The van der Waals surface area contributed by atoms with Crippen LogP contribution in [0.3, 0.4) is 0 Å². The molecule has 6 heteroatoms. The molecule has 2 aliphatic heterocycles. The van der Waals surface area contributed by atoms with E-state index in [9.17, 15) is 0 Å². The van der Waals surface area contributed by atoms with E-state index in [4.69, 9.17) is 11.6 Å². The van der Waals surface area contributed by atoms with Crippen LogP contribution in [0, 0.1) is 0 Å². The van der Waals surface area contributed by atoms with Gasteiger partial charge >= 0.3 is 0 Å². The van der Waals surface area contributed by atoms with Crippen LogP contribution in [0.15, 0.2) is 11.2 Å². The third kappa shape index (κ3) is 2.98. The van der Waals surface area contributed by atoms with E-state index in [1.165, 1.54) is 32.4 Å². The minimum atomic E-state index is 0.543. The third-order valence-electron chi connectivity index (χ3n) is 3.97. The van der Waals surface area contributed by atoms with Gasteiger partial charge in [-0.15, -0.1) is 0 Å². The molecule has 2 saturated heterocycles. The Morgan fingerprint density at radius 2 is 2.11 bits per heavy atom. The molecule has 4 nitrogen and oxygen atoms in total. The summed E-state index contributed by atoms with van der Waals surface area (Å²) >= 11 is 7.64. The van der Waals surface area contributed by atoms with E-state index in [-0.39, 0.29) is 0 Å². The van der Waals surface area contributed by atoms with Crippen molar-refractivity contribution in [2.24, 2.45) is 0 Å². The minimum absolute atomic E-state index is 0.543. The fourth-order valence-electron chi connectivity index (χ4n) is 3.05. The van der Waals surface area contributed by atoms with E-state index in [2.05, 4.69) is 19.8 Å². The van der Waals surface area contributed by atoms with Gasteiger partial charge < -0.3 is 4.90 Å². The van der Waals surface area contributed by atoms with Crippen LogP contribution in [0.4, 0.5) is 5.82 Å². The Morgan fingerprint density at radius 3 is 2.95 bits per heavy atom. The van der Waals surface area contributed by atoms with Gasteiger partial charge in [0.2, 0.25) is 0 Å². The largest absolute Gasteiger partial charge is 0.355 e. The second kappa shape index (κ2) is 5.85. The molecule has 2 aliphatic rings. The summed E-state index contributed by atoms with van der Waals surface area (Å²) < 4.78 is 0. The summed E-state index contributed by atoms with van der Waals surface area (Å²) in [7, 11) is 0. The number of fused-ring (bicyclic) bond motifs is 1. The Kier molecular flexibility index (Phi) is 4.15. The second-order valence-electron chi connectivity index (χ2n) is 5.17. The van der Waals surface area contributed by atoms with Crippen LogP contribution in [-0.2, 0) is 0 Å². The highest BCUT2D eigenvalue weighted by atomic mass is 35.5. The molecule has 0 aliphatic carbocycles. The van der Waals surface area contributed by atoms with Crippen LogP contribution in [0.25, 0.3) is 0 Å². The molecule has 3 heterocycles. The van der Waals surface area contributed by atoms with E-state index in [0.717, 1.165) is 24.1 Å². The lowest BCUT2D eigenvalue weighted by atomic mass is 10.2. The van der Waals surface area contributed by atoms with Crippen molar-refractivity contribution in [3.05, 3.63) is 11.2 Å². The zero-order valence-electron chi connectivity index (χ0n) is 11.2. The summed E-state index contributed by atoms with van der Waals surface area (Å²) in [6, 6.07) is 2.58. The Labute approximate surface area is 123 Å². The molecule has 0 radical (unpaired) electrons. The van der Waals surface area contributed by atoms with Crippen LogP contribution < -0.4 is 4.90 Å². The monoisotopic (exact) mass is 298 g/mol. The van der Waals surface area contributed by atoms with Crippen molar-refractivity contribution in [2.45, 2.75) is 30.5 Å². The highest BCUT2D eigenvalue weighted by Gasteiger charge is 2.29. The van der Waals surface area contributed by atoms with E-state index in [0.29, 0.717) is 11.2 Å². The molecule has 2 fully saturated rings. The summed E-state index contributed by atoms with van der Waals surface area (Å²) in [4.78, 5) is 13.8. The van der Waals surface area contributed by atoms with Crippen LogP contribution in [0.1, 0.15) is 19.3 Å². The van der Waals surface area contributed by atoms with Crippen LogP contribution >= 0.6 is 23.4 Å². The summed E-state index contributed by atoms with van der Waals surface area (Å²) in [6.07, 6.45) is 5.83. The number of hydrogen-bond donors (Lipinski definition) is 0. The van der Waals surface area contributed by atoms with Gasteiger partial charge in [0.1, 0.15) is 11.0 Å². The second-order valence-corrected chi connectivity index (χ2v) is 6.33. The third-order valence-corrected chi connectivity index (χ3v) is 4.71. The maximum absolute atomic E-state index is 6.10. The first-order chi connectivity index (χ1) is 9.26. The van der Waals surface area contributed by atoms with Crippen LogP contribution in [0.2, 0.25) is 5.15 Å². The molecule has 19 heavy (non-hydrogen) atoms. The molecule has 0 aromatic carbocycles. The van der Waals surface area contributed by atoms with Crippen molar-refractivity contribution < 1.29 is 0 Å². The topological polar surface area (TPSA) is 32.3 Å². The van der Waals surface area contributed by atoms with Crippen molar-refractivity contribution in [1.29, 1.82) is 0 Å². The van der Waals surface area contributed by atoms with Crippen molar-refractivity contribution in [2.75, 3.05) is 37.3 Å². The summed E-state index contributed by atoms with van der Waals surface area (Å²) in [5.41, 5.74) is 0. The lowest BCUT2D eigenvalue weighted by Gasteiger charge is -2.26. The molecule has 1 atom stereocenters. The molecule has 0 bridgehead atoms. The number of halogens is 1. The lowest BCUT2D eigenvalue weighted by Crippen LogP contribution is -2.37. The molecule has 0 spiro atoms. The summed E-state index contributed by atoms with van der Waals surface area (Å²) in [6.45, 7) is 4.61. The van der Waals surface area contributed by atoms with Gasteiger partial charge in [-0.05, 0) is 32.1 Å². The van der Waals surface area contributed by atoms with Gasteiger partial charge in [0.05, 0.1) is 0 Å². The fourth-order valence-corrected chi connectivity index (χ4v) is 3.66. The Balaban J connectivity index is 1.82. The first kappa shape index (κ1) is 13.5. The van der Waals surface area contributed by atoms with E-state index in [1.807, 2.05) is 12.3 Å². The predicted octanol–water partition coefficient (Wildman–Crippen LogP) is 2.53. The minimum Gasteiger partial charge on any atom is -0.355 e. The number of rotatable bonds is 2. The fraction of sp³-hybridized carbons (Fsp3) is 0.692. The predicted molar refractivity (Wildman–Crippen MR) is 80.2 cm³/mol. The molecule has 3 rings (SSSR count). The maximum Gasteiger partial charge on any atom is 0.190 e. The van der Waals surface area contributed by atoms with Gasteiger partial charge in [0, 0.05) is 31.7 Å². The molecule has 0 saturated carbocycles. The standard InChI is InChI=1S/C13H19ClN4S/c1-19-13-15-11(14)8-12(16-13)18-7-3-6-17-5-2-4-10(17)9-18/h8,10H,2-7,9H2,1H3. The van der Waals surface area contributed by atoms with Gasteiger partial charge in [-0.3, -0.25) is 4.90 Å². The number of hydrogen-bond acceptors (Lipinski definition) is 5. The quantitative estimate of drug-likeness (QED) is 0.476. The van der Waals surface area contributed by atoms with Gasteiger partial charge in [-0.25, -0.2) is 9.97 Å². The molecule has 1 aromatic heterocycles. The van der Waals surface area contributed by atoms with Crippen molar-refractivity contribution in [1.82, 2.24) is 14.9 Å². The Bertz CT molecular complexity index is 456. The molecule has 104 valence electrons. The zero-order valence-corrected chi connectivity index (χ0v) is 12.8. The average Bonchev–Trinajstić information content (AvgIpc) is 2.75. The first-order valence-corrected chi connectivity index (χ1v) is 8.44. The van der Waals surface area contributed by atoms with Crippen LogP contribution in [0.5, 0.6) is 0 Å². The highest BCUT2D eigenvalue weighted by molar-refractivity contribution is 7.98. The molecule has 0 N–H and O–H groups in total. The SMILES string of the molecule is CSc1nc(Cl)cc(N2CCCN3CCCC3C2)n1. The van der Waals surface area contributed by atoms with Crippen LogP contribution in [-0.4, -0.2) is 53.3 Å². The van der Waals surface area contributed by atoms with Gasteiger partial charge in [0.15, 0.2) is 5.16 Å². The number of aromatic nitrogens is 2. The number of anilines is 1. The van der Waals surface area contributed by atoms with Gasteiger partial charge in [0.25, 0.3) is 0 Å². The number of nitrogens with zero attached hydrogens (tertiary/aromatic N) is 4. The molecule has 1 unspecified atom stereocenters. The zero-order chi connectivity index (χ0) is 13.2. The smallest absolute Gasteiger partial charge is 0.190 e. The lowest BCUT2D eigenvalue weighted by molar-refractivity contribution is 0.273. The molecule has 0 amide bonds. The molecular formula is C13H19ClN4S. The van der Waals surface area contributed by atoms with E-state index < -0.39 is 0 Å². The first-order valence-electron chi connectivity index (χ1n) is 6.84. The Hall–Kier alpha value is -0.520. The summed E-state index contributed by atoms with van der Waals surface area (Å²) in [5.74, 6) is 0.984. The molecule has 1 aromatic rings. The maximum atomic E-state index is 6.10. The van der Waals surface area contributed by atoms with Gasteiger partial charge in [-0.2, -0.15) is 0 Å².